The number of piperidine rings is 1. The van der Waals surface area contributed by atoms with Gasteiger partial charge in [0.1, 0.15) is 5.75 Å². The standard InChI is InChI=1S/C22H26N4O2/c1-28-21-15-24-9-4-17(21)5-10-25-11-7-19(8-12-25)26-13-6-16-2-3-18(22(23)27)14-20(16)26/h2-4,6,9,13-15,19H,5,7-8,10-12H2,1H3,(H2,23,27). The van der Waals surface area contributed by atoms with Gasteiger partial charge in [-0.1, -0.05) is 6.07 Å². The van der Waals surface area contributed by atoms with Crippen molar-refractivity contribution in [2.45, 2.75) is 25.3 Å². The first kappa shape index (κ1) is 18.5. The minimum absolute atomic E-state index is 0.379. The highest BCUT2D eigenvalue weighted by molar-refractivity contribution is 5.97. The van der Waals surface area contributed by atoms with Gasteiger partial charge >= 0.3 is 0 Å². The molecule has 28 heavy (non-hydrogen) atoms. The number of ether oxygens (including phenoxy) is 1. The molecule has 6 heteroatoms. The first-order valence-corrected chi connectivity index (χ1v) is 9.75. The summed E-state index contributed by atoms with van der Waals surface area (Å²) in [5.74, 6) is 0.484. The van der Waals surface area contributed by atoms with Gasteiger partial charge in [0.2, 0.25) is 5.91 Å². The summed E-state index contributed by atoms with van der Waals surface area (Å²) >= 11 is 0. The Bertz CT molecular complexity index is 974. The second-order valence-corrected chi connectivity index (χ2v) is 7.37. The van der Waals surface area contributed by atoms with E-state index in [1.807, 2.05) is 24.4 Å². The Balaban J connectivity index is 1.40. The number of carbonyl (C=O) groups is 1. The van der Waals surface area contributed by atoms with Gasteiger partial charge in [0.25, 0.3) is 0 Å². The maximum Gasteiger partial charge on any atom is 0.248 e. The minimum Gasteiger partial charge on any atom is -0.495 e. The number of pyridine rings is 1. The molecule has 1 aliphatic heterocycles. The van der Waals surface area contributed by atoms with E-state index in [4.69, 9.17) is 10.5 Å². The molecule has 3 heterocycles. The molecule has 4 rings (SSSR count). The smallest absolute Gasteiger partial charge is 0.248 e. The third-order valence-corrected chi connectivity index (χ3v) is 5.75. The average Bonchev–Trinajstić information content (AvgIpc) is 3.16. The highest BCUT2D eigenvalue weighted by Crippen LogP contribution is 2.28. The number of hydrogen-bond donors (Lipinski definition) is 1. The maximum atomic E-state index is 11.5. The van der Waals surface area contributed by atoms with Gasteiger partial charge in [-0.2, -0.15) is 0 Å². The van der Waals surface area contributed by atoms with Crippen LogP contribution in [0.15, 0.2) is 48.9 Å². The summed E-state index contributed by atoms with van der Waals surface area (Å²) < 4.78 is 7.71. The van der Waals surface area contributed by atoms with Crippen LogP contribution in [0, 0.1) is 0 Å². The van der Waals surface area contributed by atoms with Crippen LogP contribution in [0.25, 0.3) is 10.9 Å². The summed E-state index contributed by atoms with van der Waals surface area (Å²) in [6.45, 7) is 3.14. The van der Waals surface area contributed by atoms with Crippen molar-refractivity contribution in [2.24, 2.45) is 5.73 Å². The number of hydrogen-bond acceptors (Lipinski definition) is 4. The quantitative estimate of drug-likeness (QED) is 0.716. The topological polar surface area (TPSA) is 73.4 Å². The van der Waals surface area contributed by atoms with Crippen molar-refractivity contribution in [3.8, 4) is 5.75 Å². The number of fused-ring (bicyclic) bond motifs is 1. The third kappa shape index (κ3) is 3.73. The fraction of sp³-hybridized carbons (Fsp3) is 0.364. The van der Waals surface area contributed by atoms with E-state index in [-0.39, 0.29) is 5.91 Å². The van der Waals surface area contributed by atoms with Crippen LogP contribution in [0.3, 0.4) is 0 Å². The van der Waals surface area contributed by atoms with Crippen LogP contribution in [0.1, 0.15) is 34.8 Å². The molecular formula is C22H26N4O2. The van der Waals surface area contributed by atoms with Crippen molar-refractivity contribution in [1.29, 1.82) is 0 Å². The number of rotatable bonds is 6. The van der Waals surface area contributed by atoms with E-state index in [1.54, 1.807) is 19.4 Å². The Hall–Kier alpha value is -2.86. The van der Waals surface area contributed by atoms with E-state index in [0.717, 1.165) is 55.5 Å². The molecule has 2 N–H and O–H groups in total. The second kappa shape index (κ2) is 8.02. The van der Waals surface area contributed by atoms with Crippen LogP contribution in [0.4, 0.5) is 0 Å². The van der Waals surface area contributed by atoms with Gasteiger partial charge < -0.3 is 19.9 Å². The first-order chi connectivity index (χ1) is 13.7. The average molecular weight is 378 g/mol. The van der Waals surface area contributed by atoms with E-state index in [0.29, 0.717) is 11.6 Å². The van der Waals surface area contributed by atoms with Gasteiger partial charge in [-0.25, -0.2) is 0 Å². The van der Waals surface area contributed by atoms with Crippen molar-refractivity contribution in [3.05, 3.63) is 60.0 Å². The number of nitrogens with zero attached hydrogens (tertiary/aromatic N) is 3. The van der Waals surface area contributed by atoms with Crippen LogP contribution in [-0.4, -0.2) is 47.1 Å². The predicted octanol–water partition coefficient (Wildman–Crippen LogP) is 3.02. The molecule has 1 amide bonds. The summed E-state index contributed by atoms with van der Waals surface area (Å²) in [5.41, 5.74) is 8.32. The lowest BCUT2D eigenvalue weighted by atomic mass is 10.0. The van der Waals surface area contributed by atoms with Crippen molar-refractivity contribution >= 4 is 16.8 Å². The van der Waals surface area contributed by atoms with Crippen molar-refractivity contribution < 1.29 is 9.53 Å². The zero-order valence-corrected chi connectivity index (χ0v) is 16.2. The van der Waals surface area contributed by atoms with Gasteiger partial charge in [0.15, 0.2) is 0 Å². The predicted molar refractivity (Wildman–Crippen MR) is 110 cm³/mol. The normalized spacial score (nSPS) is 15.8. The first-order valence-electron chi connectivity index (χ1n) is 9.75. The summed E-state index contributed by atoms with van der Waals surface area (Å²) in [5, 5.41) is 1.15. The fourth-order valence-electron chi connectivity index (χ4n) is 4.12. The lowest BCUT2D eigenvalue weighted by molar-refractivity contribution is 0.100. The largest absolute Gasteiger partial charge is 0.495 e. The zero-order chi connectivity index (χ0) is 19.5. The Morgan fingerprint density at radius 2 is 2.07 bits per heavy atom. The lowest BCUT2D eigenvalue weighted by Crippen LogP contribution is -2.35. The third-order valence-electron chi connectivity index (χ3n) is 5.75. The number of likely N-dealkylation sites (tertiary alicyclic amines) is 1. The van der Waals surface area contributed by atoms with Gasteiger partial charge in [0.05, 0.1) is 13.3 Å². The van der Waals surface area contributed by atoms with E-state index in [9.17, 15) is 4.79 Å². The molecular weight excluding hydrogens is 352 g/mol. The number of carbonyl (C=O) groups excluding carboxylic acids is 1. The number of nitrogens with two attached hydrogens (primary N) is 1. The van der Waals surface area contributed by atoms with E-state index >= 15 is 0 Å². The van der Waals surface area contributed by atoms with E-state index in [2.05, 4.69) is 26.7 Å². The molecule has 1 saturated heterocycles. The molecule has 3 aromatic rings. The van der Waals surface area contributed by atoms with Crippen LogP contribution in [0.2, 0.25) is 0 Å². The molecule has 146 valence electrons. The SMILES string of the molecule is COc1cnccc1CCN1CCC(n2ccc3ccc(C(N)=O)cc32)CC1. The number of methoxy groups -OCH3 is 1. The fourth-order valence-corrected chi connectivity index (χ4v) is 4.12. The number of primary amides is 1. The molecule has 0 bridgehead atoms. The maximum absolute atomic E-state index is 11.5. The molecule has 1 fully saturated rings. The van der Waals surface area contributed by atoms with Crippen molar-refractivity contribution in [3.63, 3.8) is 0 Å². The number of amides is 1. The Labute approximate surface area is 164 Å². The molecule has 0 saturated carbocycles. The Morgan fingerprint density at radius 1 is 1.25 bits per heavy atom. The summed E-state index contributed by atoms with van der Waals surface area (Å²) in [4.78, 5) is 18.2. The molecule has 0 unspecified atom stereocenters. The second-order valence-electron chi connectivity index (χ2n) is 7.37. The van der Waals surface area contributed by atoms with Gasteiger partial charge in [-0.05, 0) is 54.5 Å². The van der Waals surface area contributed by atoms with Crippen LogP contribution in [-0.2, 0) is 6.42 Å². The van der Waals surface area contributed by atoms with Gasteiger partial charge in [-0.15, -0.1) is 0 Å². The van der Waals surface area contributed by atoms with Crippen LogP contribution >= 0.6 is 0 Å². The zero-order valence-electron chi connectivity index (χ0n) is 16.2. The minimum atomic E-state index is -0.379. The monoisotopic (exact) mass is 378 g/mol. The molecule has 1 aromatic carbocycles. The molecule has 6 nitrogen and oxygen atoms in total. The molecule has 0 radical (unpaired) electrons. The van der Waals surface area contributed by atoms with Gasteiger partial charge in [-0.3, -0.25) is 9.78 Å². The number of aromatic nitrogens is 2. The molecule has 0 aliphatic carbocycles. The van der Waals surface area contributed by atoms with Crippen LogP contribution in [0.5, 0.6) is 5.75 Å². The molecule has 1 aliphatic rings. The Kier molecular flexibility index (Phi) is 5.30. The van der Waals surface area contributed by atoms with E-state index < -0.39 is 0 Å². The van der Waals surface area contributed by atoms with Gasteiger partial charge in [0, 0.05) is 49.1 Å². The number of benzene rings is 1. The van der Waals surface area contributed by atoms with Crippen molar-refractivity contribution in [1.82, 2.24) is 14.5 Å². The highest BCUT2D eigenvalue weighted by Gasteiger charge is 2.21. The summed E-state index contributed by atoms with van der Waals surface area (Å²) in [6, 6.07) is 10.3. The Morgan fingerprint density at radius 3 is 2.82 bits per heavy atom. The van der Waals surface area contributed by atoms with Crippen molar-refractivity contribution in [2.75, 3.05) is 26.7 Å². The lowest BCUT2D eigenvalue weighted by Gasteiger charge is -2.33. The van der Waals surface area contributed by atoms with E-state index in [1.165, 1.54) is 5.56 Å². The van der Waals surface area contributed by atoms with Crippen LogP contribution < -0.4 is 10.5 Å². The summed E-state index contributed by atoms with van der Waals surface area (Å²) in [6.07, 6.45) is 8.89. The molecule has 2 aromatic heterocycles. The highest BCUT2D eigenvalue weighted by atomic mass is 16.5. The summed E-state index contributed by atoms with van der Waals surface area (Å²) in [7, 11) is 1.69. The molecule has 0 spiro atoms. The molecule has 0 atom stereocenters.